The largest absolute Gasteiger partial charge is 0.393 e. The molecule has 4 heteroatoms. The molecule has 2 aliphatic heterocycles. The number of rotatable bonds is 5. The Morgan fingerprint density at radius 1 is 1.19 bits per heavy atom. The number of likely N-dealkylation sites (tertiary alicyclic amines) is 1. The first-order valence-corrected chi connectivity index (χ1v) is 15.4. The SMILES string of the molecule is CCCOCCN1C[C@@H](C)C[C@H]2O[C@]3(CC[C@@H]4C(=C(C)C3)C[C@H]3[C@H]4CC=C4C[C@@H](O)CC[C@@]43C)C[C@@H]21. The second kappa shape index (κ2) is 9.81. The van der Waals surface area contributed by atoms with Gasteiger partial charge >= 0.3 is 0 Å². The third-order valence-electron chi connectivity index (χ3n) is 11.5. The smallest absolute Gasteiger partial charge is 0.0742 e. The van der Waals surface area contributed by atoms with Crippen molar-refractivity contribution in [1.29, 1.82) is 0 Å². The van der Waals surface area contributed by atoms with Crippen LogP contribution in [-0.2, 0) is 9.47 Å². The van der Waals surface area contributed by atoms with Crippen molar-refractivity contribution in [2.75, 3.05) is 26.3 Å². The molecule has 0 bridgehead atoms. The van der Waals surface area contributed by atoms with Crippen LogP contribution in [0.2, 0.25) is 0 Å². The molecule has 0 aromatic carbocycles. The number of allylic oxidation sites excluding steroid dienone is 2. The van der Waals surface area contributed by atoms with Gasteiger partial charge in [-0.2, -0.15) is 0 Å². The average Bonchev–Trinajstić information content (AvgIpc) is 3.36. The maximum Gasteiger partial charge on any atom is 0.0742 e. The van der Waals surface area contributed by atoms with E-state index in [1.165, 1.54) is 51.5 Å². The van der Waals surface area contributed by atoms with Gasteiger partial charge in [0.15, 0.2) is 0 Å². The molecule has 1 spiro atoms. The van der Waals surface area contributed by atoms with Crippen LogP contribution in [0.4, 0.5) is 0 Å². The van der Waals surface area contributed by atoms with E-state index in [4.69, 9.17) is 9.47 Å². The molecule has 0 aromatic rings. The summed E-state index contributed by atoms with van der Waals surface area (Å²) in [4.78, 5) is 2.72. The van der Waals surface area contributed by atoms with Crippen molar-refractivity contribution in [3.8, 4) is 0 Å². The van der Waals surface area contributed by atoms with Crippen LogP contribution in [0.1, 0.15) is 98.3 Å². The zero-order valence-corrected chi connectivity index (χ0v) is 23.4. The van der Waals surface area contributed by atoms with Gasteiger partial charge in [-0.15, -0.1) is 0 Å². The number of hydrogen-bond donors (Lipinski definition) is 1. The number of fused-ring (bicyclic) bond motifs is 6. The highest BCUT2D eigenvalue weighted by Gasteiger charge is 2.56. The molecular formula is C32H51NO3. The molecule has 4 nitrogen and oxygen atoms in total. The van der Waals surface area contributed by atoms with E-state index < -0.39 is 0 Å². The van der Waals surface area contributed by atoms with Gasteiger partial charge in [0, 0.05) is 25.7 Å². The Balaban J connectivity index is 1.19. The predicted octanol–water partition coefficient (Wildman–Crippen LogP) is 6.29. The Kier molecular flexibility index (Phi) is 6.97. The van der Waals surface area contributed by atoms with Crippen molar-refractivity contribution in [1.82, 2.24) is 4.90 Å². The Hall–Kier alpha value is -0.680. The van der Waals surface area contributed by atoms with Gasteiger partial charge in [0.25, 0.3) is 0 Å². The summed E-state index contributed by atoms with van der Waals surface area (Å²) >= 11 is 0. The van der Waals surface area contributed by atoms with E-state index in [-0.39, 0.29) is 11.7 Å². The lowest BCUT2D eigenvalue weighted by atomic mass is 9.56. The highest BCUT2D eigenvalue weighted by atomic mass is 16.5. The van der Waals surface area contributed by atoms with Gasteiger partial charge < -0.3 is 14.6 Å². The summed E-state index contributed by atoms with van der Waals surface area (Å²) in [6, 6.07) is 0.572. The van der Waals surface area contributed by atoms with E-state index >= 15 is 0 Å². The molecule has 4 aliphatic carbocycles. The fraction of sp³-hybridized carbons (Fsp3) is 0.875. The zero-order chi connectivity index (χ0) is 25.1. The highest BCUT2D eigenvalue weighted by molar-refractivity contribution is 5.33. The third kappa shape index (κ3) is 4.36. The van der Waals surface area contributed by atoms with Crippen molar-refractivity contribution < 1.29 is 14.6 Å². The minimum Gasteiger partial charge on any atom is -0.393 e. The van der Waals surface area contributed by atoms with Crippen molar-refractivity contribution in [2.24, 2.45) is 29.1 Å². The van der Waals surface area contributed by atoms with E-state index in [1.807, 2.05) is 0 Å². The van der Waals surface area contributed by atoms with E-state index in [9.17, 15) is 5.11 Å². The topological polar surface area (TPSA) is 41.9 Å². The quantitative estimate of drug-likeness (QED) is 0.358. The zero-order valence-electron chi connectivity index (χ0n) is 23.4. The van der Waals surface area contributed by atoms with Crippen LogP contribution in [0.3, 0.4) is 0 Å². The van der Waals surface area contributed by atoms with Crippen LogP contribution < -0.4 is 0 Å². The molecule has 6 aliphatic rings. The first-order valence-electron chi connectivity index (χ1n) is 15.4. The molecule has 0 amide bonds. The Bertz CT molecular complexity index is 896. The number of piperidine rings is 1. The second-order valence-corrected chi connectivity index (χ2v) is 13.9. The van der Waals surface area contributed by atoms with Crippen LogP contribution in [0.5, 0.6) is 0 Å². The lowest BCUT2D eigenvalue weighted by molar-refractivity contribution is -0.0753. The van der Waals surface area contributed by atoms with E-state index in [1.54, 1.807) is 16.7 Å². The summed E-state index contributed by atoms with van der Waals surface area (Å²) in [7, 11) is 0. The summed E-state index contributed by atoms with van der Waals surface area (Å²) < 4.78 is 13.0. The number of aliphatic hydroxyl groups is 1. The fourth-order valence-corrected chi connectivity index (χ4v) is 9.82. The molecule has 9 atom stereocenters. The molecule has 4 fully saturated rings. The summed E-state index contributed by atoms with van der Waals surface area (Å²) in [6.45, 7) is 13.6. The van der Waals surface area contributed by atoms with Crippen molar-refractivity contribution >= 4 is 0 Å². The number of nitrogens with zero attached hydrogens (tertiary/aromatic N) is 1. The van der Waals surface area contributed by atoms with E-state index in [0.717, 1.165) is 63.2 Å². The summed E-state index contributed by atoms with van der Waals surface area (Å²) in [6.07, 6.45) is 15.7. The van der Waals surface area contributed by atoms with Gasteiger partial charge in [-0.1, -0.05) is 43.6 Å². The molecule has 2 heterocycles. The van der Waals surface area contributed by atoms with Crippen molar-refractivity contribution in [3.63, 3.8) is 0 Å². The number of aliphatic hydroxyl groups excluding tert-OH is 1. The van der Waals surface area contributed by atoms with Crippen LogP contribution in [0.25, 0.3) is 0 Å². The minimum absolute atomic E-state index is 0.0490. The van der Waals surface area contributed by atoms with Crippen molar-refractivity contribution in [3.05, 3.63) is 22.8 Å². The van der Waals surface area contributed by atoms with Gasteiger partial charge in [0.2, 0.25) is 0 Å². The minimum atomic E-state index is -0.114. The van der Waals surface area contributed by atoms with Crippen molar-refractivity contribution in [2.45, 2.75) is 122 Å². The number of hydrogen-bond acceptors (Lipinski definition) is 4. The van der Waals surface area contributed by atoms with Gasteiger partial charge in [-0.05, 0) is 107 Å². The second-order valence-electron chi connectivity index (χ2n) is 13.9. The molecule has 2 saturated carbocycles. The molecule has 202 valence electrons. The summed E-state index contributed by atoms with van der Waals surface area (Å²) in [5.74, 6) is 3.03. The molecule has 0 unspecified atom stereocenters. The summed E-state index contributed by atoms with van der Waals surface area (Å²) in [5.41, 5.74) is 5.41. The molecule has 2 saturated heterocycles. The average molecular weight is 498 g/mol. The molecule has 1 N–H and O–H groups in total. The monoisotopic (exact) mass is 497 g/mol. The van der Waals surface area contributed by atoms with Gasteiger partial charge in [0.05, 0.1) is 24.4 Å². The molecule has 0 radical (unpaired) electrons. The molecule has 36 heavy (non-hydrogen) atoms. The van der Waals surface area contributed by atoms with E-state index in [0.29, 0.717) is 23.5 Å². The normalized spacial score (nSPS) is 46.7. The van der Waals surface area contributed by atoms with Gasteiger partial charge in [-0.3, -0.25) is 4.90 Å². The maximum atomic E-state index is 10.3. The fourth-order valence-electron chi connectivity index (χ4n) is 9.82. The first kappa shape index (κ1) is 25.6. The Morgan fingerprint density at radius 3 is 2.89 bits per heavy atom. The summed E-state index contributed by atoms with van der Waals surface area (Å²) in [5, 5.41) is 10.3. The van der Waals surface area contributed by atoms with Gasteiger partial charge in [0.1, 0.15) is 0 Å². The lowest BCUT2D eigenvalue weighted by Gasteiger charge is -2.49. The maximum absolute atomic E-state index is 10.3. The lowest BCUT2D eigenvalue weighted by Crippen LogP contribution is -2.49. The Morgan fingerprint density at radius 2 is 2.06 bits per heavy atom. The number of ether oxygens (including phenoxy) is 2. The first-order chi connectivity index (χ1) is 17.3. The standard InChI is InChI=1S/C32H51NO3/c1-5-13-35-14-12-33-20-21(2)15-30-29(33)19-32(36-30)11-9-25-26-7-6-23-16-24(34)8-10-31(23,4)28(26)17-27(25)22(3)18-32/h6,21,24-26,28-30,34H,5,7-20H2,1-4H3/t21-,24-,25-,26-,28-,29-,30+,31-,32-/m0/s1. The predicted molar refractivity (Wildman–Crippen MR) is 145 cm³/mol. The van der Waals surface area contributed by atoms with Crippen LogP contribution in [0, 0.1) is 29.1 Å². The molecule has 0 aromatic heterocycles. The highest BCUT2D eigenvalue weighted by Crippen LogP contribution is 2.63. The molecule has 6 rings (SSSR count). The Labute approximate surface area is 219 Å². The molecular weight excluding hydrogens is 446 g/mol. The third-order valence-corrected chi connectivity index (χ3v) is 11.5. The van der Waals surface area contributed by atoms with Crippen LogP contribution in [0.15, 0.2) is 22.8 Å². The van der Waals surface area contributed by atoms with Gasteiger partial charge in [-0.25, -0.2) is 0 Å². The van der Waals surface area contributed by atoms with Crippen LogP contribution >= 0.6 is 0 Å². The van der Waals surface area contributed by atoms with Crippen LogP contribution in [-0.4, -0.2) is 60.2 Å². The van der Waals surface area contributed by atoms with E-state index in [2.05, 4.69) is 38.7 Å².